The quantitative estimate of drug-likeness (QED) is 0.813. The number of carbonyl (C=O) groups is 2. The number of benzene rings is 1. The number of carbonyl (C=O) groups excluding carboxylic acids is 2. The van der Waals surface area contributed by atoms with Crippen LogP contribution in [0.1, 0.15) is 46.5 Å². The van der Waals surface area contributed by atoms with E-state index < -0.39 is 0 Å². The highest BCUT2D eigenvalue weighted by Gasteiger charge is 2.13. The Hall–Kier alpha value is -2.21. The molecule has 5 nitrogen and oxygen atoms in total. The van der Waals surface area contributed by atoms with Gasteiger partial charge >= 0.3 is 0 Å². The van der Waals surface area contributed by atoms with Crippen LogP contribution in [0, 0.1) is 6.92 Å². The number of hydrogen-bond acceptors (Lipinski definition) is 3. The molecule has 24 heavy (non-hydrogen) atoms. The molecule has 1 unspecified atom stereocenters. The van der Waals surface area contributed by atoms with Crippen molar-refractivity contribution in [3.05, 3.63) is 57.8 Å². The van der Waals surface area contributed by atoms with Crippen molar-refractivity contribution >= 4 is 33.4 Å². The Morgan fingerprint density at radius 1 is 1.17 bits per heavy atom. The average Bonchev–Trinajstić information content (AvgIpc) is 2.57. The summed E-state index contributed by atoms with van der Waals surface area (Å²) in [7, 11) is 0. The van der Waals surface area contributed by atoms with Crippen LogP contribution >= 0.6 is 15.9 Å². The van der Waals surface area contributed by atoms with Crippen molar-refractivity contribution in [1.29, 1.82) is 0 Å². The lowest BCUT2D eigenvalue weighted by Crippen LogP contribution is -2.32. The van der Waals surface area contributed by atoms with Crippen LogP contribution in [-0.2, 0) is 0 Å². The molecule has 0 spiro atoms. The van der Waals surface area contributed by atoms with Crippen molar-refractivity contribution in [2.45, 2.75) is 33.2 Å². The van der Waals surface area contributed by atoms with E-state index in [-0.39, 0.29) is 17.9 Å². The maximum absolute atomic E-state index is 12.4. The molecule has 1 heterocycles. The molecule has 0 aliphatic rings. The van der Waals surface area contributed by atoms with Crippen LogP contribution in [0.4, 0.5) is 5.69 Å². The monoisotopic (exact) mass is 389 g/mol. The van der Waals surface area contributed by atoms with Gasteiger partial charge in [0.25, 0.3) is 11.8 Å². The Labute approximate surface area is 150 Å². The van der Waals surface area contributed by atoms with E-state index in [2.05, 4.69) is 31.5 Å². The van der Waals surface area contributed by atoms with Gasteiger partial charge in [0.05, 0.1) is 11.1 Å². The topological polar surface area (TPSA) is 71.1 Å². The summed E-state index contributed by atoms with van der Waals surface area (Å²) in [4.78, 5) is 28.6. The van der Waals surface area contributed by atoms with E-state index in [4.69, 9.17) is 0 Å². The molecule has 2 amide bonds. The third kappa shape index (κ3) is 4.64. The fraction of sp³-hybridized carbons (Fsp3) is 0.278. The Bertz CT molecular complexity index is 762. The van der Waals surface area contributed by atoms with Crippen LogP contribution in [0.5, 0.6) is 0 Å². The van der Waals surface area contributed by atoms with Crippen LogP contribution < -0.4 is 10.6 Å². The number of anilines is 1. The van der Waals surface area contributed by atoms with Gasteiger partial charge < -0.3 is 10.6 Å². The highest BCUT2D eigenvalue weighted by molar-refractivity contribution is 9.10. The molecule has 126 valence electrons. The van der Waals surface area contributed by atoms with Crippen molar-refractivity contribution < 1.29 is 9.59 Å². The predicted molar refractivity (Wildman–Crippen MR) is 98.3 cm³/mol. The molecule has 2 aromatic rings. The smallest absolute Gasteiger partial charge is 0.257 e. The van der Waals surface area contributed by atoms with Crippen LogP contribution in [0.15, 0.2) is 41.1 Å². The first-order valence-corrected chi connectivity index (χ1v) is 8.53. The summed E-state index contributed by atoms with van der Waals surface area (Å²) in [5.41, 5.74) is 2.37. The Kier molecular flexibility index (Phi) is 6.09. The third-order valence-corrected chi connectivity index (χ3v) is 4.18. The van der Waals surface area contributed by atoms with E-state index in [1.807, 2.05) is 39.0 Å². The van der Waals surface area contributed by atoms with Gasteiger partial charge in [0, 0.05) is 28.6 Å². The van der Waals surface area contributed by atoms with Crippen LogP contribution in [0.25, 0.3) is 0 Å². The molecule has 0 bridgehead atoms. The first kappa shape index (κ1) is 18.1. The number of aryl methyl sites for hydroxylation is 1. The summed E-state index contributed by atoms with van der Waals surface area (Å²) in [6.45, 7) is 5.83. The molecule has 1 atom stereocenters. The number of amides is 2. The molecule has 2 N–H and O–H groups in total. The van der Waals surface area contributed by atoms with Gasteiger partial charge in [0.1, 0.15) is 0 Å². The summed E-state index contributed by atoms with van der Waals surface area (Å²) < 4.78 is 0.948. The molecule has 0 saturated heterocycles. The largest absolute Gasteiger partial charge is 0.350 e. The van der Waals surface area contributed by atoms with Gasteiger partial charge in [-0.1, -0.05) is 22.9 Å². The number of nitrogens with one attached hydrogen (secondary N) is 2. The van der Waals surface area contributed by atoms with E-state index in [1.54, 1.807) is 6.07 Å². The number of hydrogen-bond donors (Lipinski definition) is 2. The van der Waals surface area contributed by atoms with Crippen LogP contribution in [-0.4, -0.2) is 22.8 Å². The fourth-order valence-electron chi connectivity index (χ4n) is 2.06. The zero-order valence-electron chi connectivity index (χ0n) is 13.9. The molecular weight excluding hydrogens is 370 g/mol. The molecule has 1 aromatic heterocycles. The maximum atomic E-state index is 12.4. The van der Waals surface area contributed by atoms with Gasteiger partial charge in [0.15, 0.2) is 0 Å². The van der Waals surface area contributed by atoms with Gasteiger partial charge in [-0.2, -0.15) is 0 Å². The summed E-state index contributed by atoms with van der Waals surface area (Å²) in [5.74, 6) is -0.530. The first-order chi connectivity index (χ1) is 11.4. The molecule has 0 radical (unpaired) electrons. The highest BCUT2D eigenvalue weighted by Crippen LogP contribution is 2.20. The number of nitrogens with zero attached hydrogens (tertiary/aromatic N) is 1. The van der Waals surface area contributed by atoms with Gasteiger partial charge in [-0.25, -0.2) is 0 Å². The van der Waals surface area contributed by atoms with E-state index in [1.165, 1.54) is 12.4 Å². The standard InChI is InChI=1S/C18H20BrN3O2/c1-4-12(3)21-17(23)13-8-14(10-20-9-13)18(24)22-16-6-5-15(19)7-11(16)2/h5-10,12H,4H2,1-3H3,(H,21,23)(H,22,24). The molecule has 0 fully saturated rings. The van der Waals surface area contributed by atoms with Gasteiger partial charge in [0.2, 0.25) is 0 Å². The number of pyridine rings is 1. The fourth-order valence-corrected chi connectivity index (χ4v) is 2.53. The molecule has 0 saturated carbocycles. The zero-order chi connectivity index (χ0) is 17.7. The minimum Gasteiger partial charge on any atom is -0.350 e. The SMILES string of the molecule is CCC(C)NC(=O)c1cncc(C(=O)Nc2ccc(Br)cc2C)c1. The summed E-state index contributed by atoms with van der Waals surface area (Å²) >= 11 is 3.39. The summed E-state index contributed by atoms with van der Waals surface area (Å²) in [5, 5.41) is 5.70. The normalized spacial score (nSPS) is 11.7. The van der Waals surface area contributed by atoms with E-state index in [9.17, 15) is 9.59 Å². The second-order valence-electron chi connectivity index (χ2n) is 5.66. The molecule has 1 aromatic carbocycles. The van der Waals surface area contributed by atoms with E-state index in [0.29, 0.717) is 11.1 Å². The molecule has 0 aliphatic heterocycles. The predicted octanol–water partition coefficient (Wildman–Crippen LogP) is 3.93. The zero-order valence-corrected chi connectivity index (χ0v) is 15.5. The first-order valence-electron chi connectivity index (χ1n) is 7.74. The number of aromatic nitrogens is 1. The lowest BCUT2D eigenvalue weighted by atomic mass is 10.1. The Morgan fingerprint density at radius 2 is 1.83 bits per heavy atom. The molecule has 6 heteroatoms. The second kappa shape index (κ2) is 8.06. The lowest BCUT2D eigenvalue weighted by Gasteiger charge is -2.12. The van der Waals surface area contributed by atoms with Crippen molar-refractivity contribution in [2.24, 2.45) is 0 Å². The Balaban J connectivity index is 2.15. The van der Waals surface area contributed by atoms with Crippen LogP contribution in [0.3, 0.4) is 0 Å². The molecular formula is C18H20BrN3O2. The average molecular weight is 390 g/mol. The third-order valence-electron chi connectivity index (χ3n) is 3.69. The van der Waals surface area contributed by atoms with Crippen molar-refractivity contribution in [2.75, 3.05) is 5.32 Å². The Morgan fingerprint density at radius 3 is 2.46 bits per heavy atom. The summed E-state index contributed by atoms with van der Waals surface area (Å²) in [6.07, 6.45) is 3.74. The number of halogens is 1. The number of rotatable bonds is 5. The summed E-state index contributed by atoms with van der Waals surface area (Å²) in [6, 6.07) is 7.22. The van der Waals surface area contributed by atoms with Crippen molar-refractivity contribution in [3.8, 4) is 0 Å². The van der Waals surface area contributed by atoms with Gasteiger partial charge in [-0.3, -0.25) is 14.6 Å². The lowest BCUT2D eigenvalue weighted by molar-refractivity contribution is 0.0939. The van der Waals surface area contributed by atoms with E-state index >= 15 is 0 Å². The molecule has 2 rings (SSSR count). The minimum absolute atomic E-state index is 0.0698. The maximum Gasteiger partial charge on any atom is 0.257 e. The molecule has 0 aliphatic carbocycles. The van der Waals surface area contributed by atoms with Gasteiger partial charge in [-0.15, -0.1) is 0 Å². The van der Waals surface area contributed by atoms with Crippen LogP contribution in [0.2, 0.25) is 0 Å². The minimum atomic E-state index is -0.300. The van der Waals surface area contributed by atoms with Gasteiger partial charge in [-0.05, 0) is 50.1 Å². The second-order valence-corrected chi connectivity index (χ2v) is 6.57. The van der Waals surface area contributed by atoms with Crippen molar-refractivity contribution in [1.82, 2.24) is 10.3 Å². The van der Waals surface area contributed by atoms with Crippen molar-refractivity contribution in [3.63, 3.8) is 0 Å². The highest BCUT2D eigenvalue weighted by atomic mass is 79.9. The van der Waals surface area contributed by atoms with E-state index in [0.717, 1.165) is 22.1 Å².